The highest BCUT2D eigenvalue weighted by atomic mass is 16.5. The van der Waals surface area contributed by atoms with E-state index < -0.39 is 5.97 Å². The van der Waals surface area contributed by atoms with Crippen LogP contribution in [0.15, 0.2) is 18.2 Å². The molecule has 2 atom stereocenters. The SMILES string of the molecule is CC1CC(Nc2ccc(C(=O)O)c(N)c2)CCO1. The standard InChI is InChI=1S/C13H18N2O3/c1-8-6-10(4-5-18-8)15-9-2-3-11(13(16)17)12(14)7-9/h2-3,7-8,10,15H,4-6,14H2,1H3,(H,16,17). The van der Waals surface area contributed by atoms with Crippen LogP contribution in [0.5, 0.6) is 0 Å². The number of carboxylic acids is 1. The van der Waals surface area contributed by atoms with Crippen molar-refractivity contribution in [2.24, 2.45) is 0 Å². The Labute approximate surface area is 106 Å². The molecule has 0 radical (unpaired) electrons. The molecule has 1 aromatic carbocycles. The number of nitrogen functional groups attached to an aromatic ring is 1. The number of anilines is 2. The summed E-state index contributed by atoms with van der Waals surface area (Å²) in [6.45, 7) is 2.80. The van der Waals surface area contributed by atoms with Crippen LogP contribution in [0.2, 0.25) is 0 Å². The molecule has 0 aromatic heterocycles. The van der Waals surface area contributed by atoms with Gasteiger partial charge in [-0.05, 0) is 38.0 Å². The Morgan fingerprint density at radius 3 is 2.94 bits per heavy atom. The second kappa shape index (κ2) is 5.27. The summed E-state index contributed by atoms with van der Waals surface area (Å²) >= 11 is 0. The normalized spacial score (nSPS) is 23.6. The fourth-order valence-electron chi connectivity index (χ4n) is 2.21. The maximum absolute atomic E-state index is 10.8. The summed E-state index contributed by atoms with van der Waals surface area (Å²) in [7, 11) is 0. The van der Waals surface area contributed by atoms with Crippen molar-refractivity contribution in [3.8, 4) is 0 Å². The van der Waals surface area contributed by atoms with Gasteiger partial charge in [0.15, 0.2) is 0 Å². The van der Waals surface area contributed by atoms with E-state index in [1.165, 1.54) is 6.07 Å². The van der Waals surface area contributed by atoms with Crippen LogP contribution >= 0.6 is 0 Å². The molecule has 1 aromatic rings. The third kappa shape index (κ3) is 2.92. The van der Waals surface area contributed by atoms with Crippen LogP contribution in [0, 0.1) is 0 Å². The fraction of sp³-hybridized carbons (Fsp3) is 0.462. The minimum Gasteiger partial charge on any atom is -0.478 e. The number of nitrogens with one attached hydrogen (secondary N) is 1. The van der Waals surface area contributed by atoms with Gasteiger partial charge in [0.2, 0.25) is 0 Å². The Hall–Kier alpha value is -1.75. The number of carbonyl (C=O) groups is 1. The Balaban J connectivity index is 2.05. The molecule has 1 saturated heterocycles. The molecule has 2 rings (SSSR count). The molecule has 5 nitrogen and oxygen atoms in total. The van der Waals surface area contributed by atoms with Gasteiger partial charge in [0.1, 0.15) is 0 Å². The van der Waals surface area contributed by atoms with Crippen molar-refractivity contribution in [1.29, 1.82) is 0 Å². The molecule has 0 aliphatic carbocycles. The number of rotatable bonds is 3. The average Bonchev–Trinajstić information content (AvgIpc) is 2.28. The van der Waals surface area contributed by atoms with Gasteiger partial charge in [-0.25, -0.2) is 4.79 Å². The van der Waals surface area contributed by atoms with E-state index in [1.54, 1.807) is 12.1 Å². The highest BCUT2D eigenvalue weighted by Gasteiger charge is 2.19. The summed E-state index contributed by atoms with van der Waals surface area (Å²) in [6.07, 6.45) is 2.15. The Bertz CT molecular complexity index is 448. The van der Waals surface area contributed by atoms with Crippen LogP contribution in [0.25, 0.3) is 0 Å². The zero-order valence-electron chi connectivity index (χ0n) is 10.3. The summed E-state index contributed by atoms with van der Waals surface area (Å²) in [5, 5.41) is 12.3. The maximum atomic E-state index is 10.8. The topological polar surface area (TPSA) is 84.6 Å². The molecule has 98 valence electrons. The first-order valence-corrected chi connectivity index (χ1v) is 6.07. The number of nitrogens with two attached hydrogens (primary N) is 1. The largest absolute Gasteiger partial charge is 0.478 e. The monoisotopic (exact) mass is 250 g/mol. The molecule has 1 fully saturated rings. The molecule has 0 saturated carbocycles. The zero-order chi connectivity index (χ0) is 13.1. The van der Waals surface area contributed by atoms with E-state index in [0.717, 1.165) is 25.1 Å². The second-order valence-electron chi connectivity index (χ2n) is 4.65. The summed E-state index contributed by atoms with van der Waals surface area (Å²) in [4.78, 5) is 10.8. The third-order valence-electron chi connectivity index (χ3n) is 3.14. The van der Waals surface area contributed by atoms with E-state index in [0.29, 0.717) is 6.04 Å². The van der Waals surface area contributed by atoms with Gasteiger partial charge >= 0.3 is 5.97 Å². The number of hydrogen-bond donors (Lipinski definition) is 3. The van der Waals surface area contributed by atoms with Crippen molar-refractivity contribution in [3.63, 3.8) is 0 Å². The number of benzene rings is 1. The molecule has 2 unspecified atom stereocenters. The first-order valence-electron chi connectivity index (χ1n) is 6.07. The van der Waals surface area contributed by atoms with Crippen molar-refractivity contribution >= 4 is 17.3 Å². The van der Waals surface area contributed by atoms with Gasteiger partial charge in [-0.1, -0.05) is 0 Å². The van der Waals surface area contributed by atoms with E-state index in [-0.39, 0.29) is 17.4 Å². The van der Waals surface area contributed by atoms with E-state index in [2.05, 4.69) is 12.2 Å². The zero-order valence-corrected chi connectivity index (χ0v) is 10.3. The van der Waals surface area contributed by atoms with Crippen LogP contribution in [0.3, 0.4) is 0 Å². The quantitative estimate of drug-likeness (QED) is 0.714. The summed E-state index contributed by atoms with van der Waals surface area (Å²) in [5.74, 6) is -1.00. The van der Waals surface area contributed by atoms with Gasteiger partial charge < -0.3 is 20.9 Å². The summed E-state index contributed by atoms with van der Waals surface area (Å²) in [6, 6.07) is 5.30. The first kappa shape index (κ1) is 12.7. The van der Waals surface area contributed by atoms with Crippen molar-refractivity contribution in [3.05, 3.63) is 23.8 Å². The van der Waals surface area contributed by atoms with Crippen molar-refractivity contribution in [1.82, 2.24) is 0 Å². The van der Waals surface area contributed by atoms with Crippen LogP contribution in [-0.4, -0.2) is 29.8 Å². The van der Waals surface area contributed by atoms with Gasteiger partial charge in [0.05, 0.1) is 11.7 Å². The molecular formula is C13H18N2O3. The molecule has 1 heterocycles. The molecule has 0 bridgehead atoms. The molecule has 5 heteroatoms. The predicted molar refractivity (Wildman–Crippen MR) is 69.9 cm³/mol. The molecule has 1 aliphatic rings. The highest BCUT2D eigenvalue weighted by molar-refractivity contribution is 5.94. The first-order chi connectivity index (χ1) is 8.56. The van der Waals surface area contributed by atoms with Crippen molar-refractivity contribution in [2.45, 2.75) is 31.9 Å². The van der Waals surface area contributed by atoms with E-state index >= 15 is 0 Å². The molecule has 4 N–H and O–H groups in total. The van der Waals surface area contributed by atoms with E-state index in [4.69, 9.17) is 15.6 Å². The van der Waals surface area contributed by atoms with Gasteiger partial charge in [-0.2, -0.15) is 0 Å². The Morgan fingerprint density at radius 2 is 2.33 bits per heavy atom. The van der Waals surface area contributed by atoms with E-state index in [1.807, 2.05) is 0 Å². The lowest BCUT2D eigenvalue weighted by Crippen LogP contribution is -2.32. The molecule has 0 spiro atoms. The van der Waals surface area contributed by atoms with Crippen LogP contribution in [0.4, 0.5) is 11.4 Å². The van der Waals surface area contributed by atoms with Crippen molar-refractivity contribution in [2.75, 3.05) is 17.7 Å². The molecule has 0 amide bonds. The fourth-order valence-corrected chi connectivity index (χ4v) is 2.21. The molecular weight excluding hydrogens is 232 g/mol. The van der Waals surface area contributed by atoms with Gasteiger partial charge in [-0.15, -0.1) is 0 Å². The number of aromatic carboxylic acids is 1. The van der Waals surface area contributed by atoms with Crippen LogP contribution in [0.1, 0.15) is 30.1 Å². The van der Waals surface area contributed by atoms with Crippen LogP contribution in [-0.2, 0) is 4.74 Å². The maximum Gasteiger partial charge on any atom is 0.337 e. The van der Waals surface area contributed by atoms with Crippen LogP contribution < -0.4 is 11.1 Å². The molecule has 18 heavy (non-hydrogen) atoms. The Morgan fingerprint density at radius 1 is 1.56 bits per heavy atom. The number of hydrogen-bond acceptors (Lipinski definition) is 4. The molecule has 1 aliphatic heterocycles. The Kier molecular flexibility index (Phi) is 3.72. The lowest BCUT2D eigenvalue weighted by atomic mass is 10.0. The summed E-state index contributed by atoms with van der Waals surface area (Å²) < 4.78 is 5.48. The highest BCUT2D eigenvalue weighted by Crippen LogP contribution is 2.22. The number of ether oxygens (including phenoxy) is 1. The second-order valence-corrected chi connectivity index (χ2v) is 4.65. The lowest BCUT2D eigenvalue weighted by Gasteiger charge is -2.28. The van der Waals surface area contributed by atoms with Crippen molar-refractivity contribution < 1.29 is 14.6 Å². The average molecular weight is 250 g/mol. The summed E-state index contributed by atoms with van der Waals surface area (Å²) in [5.41, 5.74) is 6.99. The van der Waals surface area contributed by atoms with Gasteiger partial charge in [0.25, 0.3) is 0 Å². The van der Waals surface area contributed by atoms with Gasteiger partial charge in [-0.3, -0.25) is 0 Å². The third-order valence-corrected chi connectivity index (χ3v) is 3.14. The lowest BCUT2D eigenvalue weighted by molar-refractivity contribution is 0.0232. The minimum atomic E-state index is -1.00. The number of carboxylic acid groups (broad SMARTS) is 1. The van der Waals surface area contributed by atoms with E-state index in [9.17, 15) is 4.79 Å². The van der Waals surface area contributed by atoms with Gasteiger partial charge in [0, 0.05) is 24.0 Å². The predicted octanol–water partition coefficient (Wildman–Crippen LogP) is 1.95. The smallest absolute Gasteiger partial charge is 0.337 e. The minimum absolute atomic E-state index is 0.140.